The maximum absolute atomic E-state index is 12.5. The summed E-state index contributed by atoms with van der Waals surface area (Å²) in [6.07, 6.45) is -6.39. The molecular weight excluding hydrogens is 390 g/mol. The largest absolute Gasteiger partial charge is 0.466 e. The molecule has 2 fully saturated rings. The van der Waals surface area contributed by atoms with Crippen molar-refractivity contribution in [3.05, 3.63) is 0 Å². The van der Waals surface area contributed by atoms with Crippen molar-refractivity contribution in [1.29, 1.82) is 0 Å². The molecule has 0 aromatic carbocycles. The topological polar surface area (TPSA) is 46.5 Å². The molecule has 28 heavy (non-hydrogen) atoms. The Morgan fingerprint density at radius 2 is 1.57 bits per heavy atom. The van der Waals surface area contributed by atoms with E-state index in [9.17, 15) is 31.1 Å². The molecule has 0 heterocycles. The Kier molecular flexibility index (Phi) is 7.67. The molecule has 2 saturated carbocycles. The highest BCUT2D eigenvalue weighted by Gasteiger charge is 2.69. The van der Waals surface area contributed by atoms with Gasteiger partial charge in [-0.15, -0.1) is 0 Å². The number of hydrogen-bond donors (Lipinski definition) is 1. The second-order valence-electron chi connectivity index (χ2n) is 8.21. The van der Waals surface area contributed by atoms with Gasteiger partial charge in [-0.1, -0.05) is 19.3 Å². The molecule has 3 unspecified atom stereocenters. The van der Waals surface area contributed by atoms with E-state index in [1.807, 2.05) is 0 Å². The van der Waals surface area contributed by atoms with Crippen LogP contribution in [0.1, 0.15) is 70.6 Å². The Morgan fingerprint density at radius 1 is 0.929 bits per heavy atom. The summed E-state index contributed by atoms with van der Waals surface area (Å²) in [6.45, 7) is 0.109. The number of unbranched alkanes of at least 4 members (excludes halogenated alkanes) is 3. The van der Waals surface area contributed by atoms with Gasteiger partial charge in [-0.2, -0.15) is 26.3 Å². The molecule has 0 aliphatic heterocycles. The standard InChI is InChI=1S/C19H28F6O3/c20-18(21,22)17(27,19(23,24)25)9-3-1-2-4-10-28-16(26)8-7-15-12-13-5-6-14(15)11-13/h13-15,27H,1-12H2. The third-order valence-corrected chi connectivity index (χ3v) is 6.24. The number of rotatable bonds is 10. The van der Waals surface area contributed by atoms with E-state index in [2.05, 4.69) is 0 Å². The molecule has 0 aromatic heterocycles. The number of esters is 1. The smallest absolute Gasteiger partial charge is 0.426 e. The number of halogens is 6. The fourth-order valence-electron chi connectivity index (χ4n) is 4.57. The third-order valence-electron chi connectivity index (χ3n) is 6.24. The number of alkyl halides is 6. The van der Waals surface area contributed by atoms with Crippen LogP contribution >= 0.6 is 0 Å². The van der Waals surface area contributed by atoms with E-state index in [-0.39, 0.29) is 19.0 Å². The van der Waals surface area contributed by atoms with Crippen LogP contribution in [0.2, 0.25) is 0 Å². The molecule has 9 heteroatoms. The quantitative estimate of drug-likeness (QED) is 0.287. The van der Waals surface area contributed by atoms with E-state index < -0.39 is 30.8 Å². The van der Waals surface area contributed by atoms with Crippen LogP contribution in [-0.2, 0) is 9.53 Å². The summed E-state index contributed by atoms with van der Waals surface area (Å²) in [7, 11) is 0. The predicted octanol–water partition coefficient (Wildman–Crippen LogP) is 5.55. The normalized spacial score (nSPS) is 25.3. The Balaban J connectivity index is 1.53. The third kappa shape index (κ3) is 5.76. The maximum atomic E-state index is 12.5. The van der Waals surface area contributed by atoms with E-state index in [4.69, 9.17) is 9.84 Å². The van der Waals surface area contributed by atoms with Crippen molar-refractivity contribution in [2.24, 2.45) is 17.8 Å². The minimum Gasteiger partial charge on any atom is -0.466 e. The van der Waals surface area contributed by atoms with Gasteiger partial charge in [0.25, 0.3) is 5.60 Å². The van der Waals surface area contributed by atoms with Crippen molar-refractivity contribution >= 4 is 5.97 Å². The lowest BCUT2D eigenvalue weighted by molar-refractivity contribution is -0.370. The van der Waals surface area contributed by atoms with Crippen LogP contribution in [0, 0.1) is 17.8 Å². The van der Waals surface area contributed by atoms with Gasteiger partial charge in [0, 0.05) is 6.42 Å². The highest BCUT2D eigenvalue weighted by molar-refractivity contribution is 5.69. The van der Waals surface area contributed by atoms with Crippen LogP contribution in [-0.4, -0.2) is 35.6 Å². The zero-order valence-electron chi connectivity index (χ0n) is 15.7. The Labute approximate surface area is 160 Å². The van der Waals surface area contributed by atoms with E-state index in [1.165, 1.54) is 25.7 Å². The van der Waals surface area contributed by atoms with Gasteiger partial charge in [-0.25, -0.2) is 0 Å². The lowest BCUT2D eigenvalue weighted by Crippen LogP contribution is -2.56. The lowest BCUT2D eigenvalue weighted by atomic mass is 9.85. The maximum Gasteiger partial charge on any atom is 0.426 e. The molecule has 0 spiro atoms. The number of aliphatic hydroxyl groups is 1. The second kappa shape index (κ2) is 9.22. The van der Waals surface area contributed by atoms with Gasteiger partial charge in [-0.3, -0.25) is 4.79 Å². The summed E-state index contributed by atoms with van der Waals surface area (Å²) in [5, 5.41) is 9.03. The van der Waals surface area contributed by atoms with Gasteiger partial charge in [-0.05, 0) is 62.7 Å². The average molecular weight is 418 g/mol. The van der Waals surface area contributed by atoms with Crippen LogP contribution in [0.5, 0.6) is 0 Å². The highest BCUT2D eigenvalue weighted by Crippen LogP contribution is 2.50. The molecule has 1 N–H and O–H groups in total. The summed E-state index contributed by atoms with van der Waals surface area (Å²) in [6, 6.07) is 0. The van der Waals surface area contributed by atoms with Gasteiger partial charge < -0.3 is 9.84 Å². The summed E-state index contributed by atoms with van der Waals surface area (Å²) >= 11 is 0. The molecule has 3 atom stereocenters. The molecule has 0 aromatic rings. The van der Waals surface area contributed by atoms with Crippen molar-refractivity contribution in [2.45, 2.75) is 88.6 Å². The summed E-state index contributed by atoms with van der Waals surface area (Å²) in [5.74, 6) is 1.86. The monoisotopic (exact) mass is 418 g/mol. The van der Waals surface area contributed by atoms with Crippen LogP contribution in [0.4, 0.5) is 26.3 Å². The minimum absolute atomic E-state index is 0.0805. The first-order valence-corrected chi connectivity index (χ1v) is 9.95. The number of ether oxygens (including phenoxy) is 1. The first-order valence-electron chi connectivity index (χ1n) is 9.95. The Bertz CT molecular complexity index is 503. The molecule has 3 nitrogen and oxygen atoms in total. The zero-order valence-corrected chi connectivity index (χ0v) is 15.7. The fourth-order valence-corrected chi connectivity index (χ4v) is 4.57. The predicted molar refractivity (Wildman–Crippen MR) is 89.3 cm³/mol. The van der Waals surface area contributed by atoms with Crippen molar-refractivity contribution in [3.63, 3.8) is 0 Å². The highest BCUT2D eigenvalue weighted by atomic mass is 19.4. The molecule has 0 saturated heterocycles. The van der Waals surface area contributed by atoms with E-state index >= 15 is 0 Å². The molecule has 0 amide bonds. The molecule has 2 aliphatic carbocycles. The van der Waals surface area contributed by atoms with Crippen LogP contribution in [0.25, 0.3) is 0 Å². The second-order valence-corrected chi connectivity index (χ2v) is 8.21. The Morgan fingerprint density at radius 3 is 2.11 bits per heavy atom. The summed E-state index contributed by atoms with van der Waals surface area (Å²) in [4.78, 5) is 11.7. The summed E-state index contributed by atoms with van der Waals surface area (Å²) < 4.78 is 80.2. The van der Waals surface area contributed by atoms with Gasteiger partial charge in [0.15, 0.2) is 0 Å². The number of hydrogen-bond acceptors (Lipinski definition) is 3. The lowest BCUT2D eigenvalue weighted by Gasteiger charge is -2.32. The Hall–Kier alpha value is -0.990. The molecule has 0 radical (unpaired) electrons. The van der Waals surface area contributed by atoms with Crippen LogP contribution in [0.15, 0.2) is 0 Å². The summed E-state index contributed by atoms with van der Waals surface area (Å²) in [5.41, 5.74) is -4.67. The zero-order chi connectivity index (χ0) is 21.0. The van der Waals surface area contributed by atoms with Gasteiger partial charge in [0.2, 0.25) is 0 Å². The molecular formula is C19H28F6O3. The van der Waals surface area contributed by atoms with Gasteiger partial charge in [0.05, 0.1) is 6.61 Å². The van der Waals surface area contributed by atoms with Gasteiger partial charge >= 0.3 is 18.3 Å². The number of carbonyl (C=O) groups is 1. The minimum atomic E-state index is -5.76. The van der Waals surface area contributed by atoms with E-state index in [0.717, 1.165) is 18.3 Å². The van der Waals surface area contributed by atoms with Crippen molar-refractivity contribution in [1.82, 2.24) is 0 Å². The van der Waals surface area contributed by atoms with E-state index in [1.54, 1.807) is 0 Å². The van der Waals surface area contributed by atoms with Crippen LogP contribution in [0.3, 0.4) is 0 Å². The number of carbonyl (C=O) groups excluding carboxylic acids is 1. The van der Waals surface area contributed by atoms with Crippen molar-refractivity contribution < 1.29 is 41.0 Å². The molecule has 2 aliphatic rings. The first kappa shape index (κ1) is 23.3. The fraction of sp³-hybridized carbons (Fsp3) is 0.947. The number of fused-ring (bicyclic) bond motifs is 2. The van der Waals surface area contributed by atoms with Gasteiger partial charge in [0.1, 0.15) is 0 Å². The first-order chi connectivity index (χ1) is 12.9. The van der Waals surface area contributed by atoms with E-state index in [0.29, 0.717) is 25.2 Å². The van der Waals surface area contributed by atoms with Crippen molar-refractivity contribution in [2.75, 3.05) is 6.61 Å². The SMILES string of the molecule is O=C(CCC1CC2CCC1C2)OCCCCCCC(O)(C(F)(F)F)C(F)(F)F. The van der Waals surface area contributed by atoms with Crippen molar-refractivity contribution in [3.8, 4) is 0 Å². The average Bonchev–Trinajstić information content (AvgIpc) is 3.19. The molecule has 2 rings (SSSR count). The molecule has 164 valence electrons. The molecule has 2 bridgehead atoms. The van der Waals surface area contributed by atoms with Crippen LogP contribution < -0.4 is 0 Å².